The Morgan fingerprint density at radius 1 is 1.21 bits per heavy atom. The van der Waals surface area contributed by atoms with Crippen molar-refractivity contribution >= 4 is 18.0 Å². The lowest BCUT2D eigenvalue weighted by atomic mass is 10.2. The van der Waals surface area contributed by atoms with Crippen LogP contribution >= 0.6 is 0 Å². The van der Waals surface area contributed by atoms with Crippen LogP contribution in [0.3, 0.4) is 0 Å². The van der Waals surface area contributed by atoms with E-state index < -0.39 is 0 Å². The Balaban J connectivity index is 1.82. The van der Waals surface area contributed by atoms with E-state index in [0.717, 1.165) is 5.56 Å². The molecule has 1 fully saturated rings. The smallest absolute Gasteiger partial charge is 0.235 e. The number of aromatic nitrogens is 1. The minimum atomic E-state index is -0.284. The predicted octanol–water partition coefficient (Wildman–Crippen LogP) is 3.47. The van der Waals surface area contributed by atoms with Crippen molar-refractivity contribution in [1.29, 1.82) is 5.26 Å². The van der Waals surface area contributed by atoms with E-state index in [4.69, 9.17) is 9.15 Å². The van der Waals surface area contributed by atoms with Crippen molar-refractivity contribution in [2.45, 2.75) is 26.1 Å². The molecule has 6 heteroatoms. The largest absolute Gasteiger partial charge is 0.420 e. The number of oxazole rings is 1. The third kappa shape index (κ3) is 3.63. The van der Waals surface area contributed by atoms with Crippen LogP contribution in [0.4, 0.5) is 10.3 Å². The second-order valence-corrected chi connectivity index (χ2v) is 5.86. The van der Waals surface area contributed by atoms with Gasteiger partial charge in [0, 0.05) is 19.2 Å². The lowest BCUT2D eigenvalue weighted by Crippen LogP contribution is -2.45. The Labute approximate surface area is 140 Å². The van der Waals surface area contributed by atoms with Gasteiger partial charge < -0.3 is 14.1 Å². The Morgan fingerprint density at radius 2 is 1.88 bits per heavy atom. The fraction of sp³-hybridized carbons (Fsp3) is 0.333. The molecule has 1 aromatic heterocycles. The molecule has 3 rings (SSSR count). The molecular weight excluding hydrogens is 309 g/mol. The molecule has 1 aliphatic heterocycles. The van der Waals surface area contributed by atoms with Crippen LogP contribution in [0.2, 0.25) is 0 Å². The summed E-state index contributed by atoms with van der Waals surface area (Å²) in [5, 5.41) is 9.31. The highest BCUT2D eigenvalue weighted by Gasteiger charge is 2.27. The lowest BCUT2D eigenvalue weighted by Gasteiger charge is -2.34. The molecule has 0 radical (unpaired) electrons. The summed E-state index contributed by atoms with van der Waals surface area (Å²) in [5.74, 6) is 0.531. The van der Waals surface area contributed by atoms with Crippen molar-refractivity contribution in [3.05, 3.63) is 47.2 Å². The normalized spacial score (nSPS) is 21.2. The number of nitrogens with zero attached hydrogens (tertiary/aromatic N) is 3. The van der Waals surface area contributed by atoms with E-state index in [0.29, 0.717) is 24.9 Å². The van der Waals surface area contributed by atoms with Gasteiger partial charge in [0.1, 0.15) is 11.9 Å². The molecule has 2 atom stereocenters. The monoisotopic (exact) mass is 327 g/mol. The molecule has 2 unspecified atom stereocenters. The topological polar surface area (TPSA) is 62.3 Å². The first-order valence-electron chi connectivity index (χ1n) is 7.80. The molecule has 2 heterocycles. The van der Waals surface area contributed by atoms with Gasteiger partial charge in [0.15, 0.2) is 0 Å². The van der Waals surface area contributed by atoms with Crippen molar-refractivity contribution in [3.63, 3.8) is 0 Å². The summed E-state index contributed by atoms with van der Waals surface area (Å²) in [6.07, 6.45) is 3.55. The maximum Gasteiger partial charge on any atom is 0.235 e. The van der Waals surface area contributed by atoms with Gasteiger partial charge in [0.05, 0.1) is 12.2 Å². The quantitative estimate of drug-likeness (QED) is 0.864. The van der Waals surface area contributed by atoms with Gasteiger partial charge in [-0.05, 0) is 37.6 Å². The maximum absolute atomic E-state index is 12.9. The van der Waals surface area contributed by atoms with Crippen LogP contribution in [0, 0.1) is 17.1 Å². The maximum atomic E-state index is 12.9. The standard InChI is InChI=1S/C18H18FN3O2/c1-12-10-22(11-13(2)23-12)18-16(9-20)21-17(24-18)8-5-14-3-6-15(19)7-4-14/h3-8,12-13H,10-11H2,1-2H3. The Morgan fingerprint density at radius 3 is 2.50 bits per heavy atom. The molecule has 0 N–H and O–H groups in total. The van der Waals surface area contributed by atoms with E-state index >= 15 is 0 Å². The summed E-state index contributed by atoms with van der Waals surface area (Å²) in [7, 11) is 0. The molecule has 0 bridgehead atoms. The zero-order valence-corrected chi connectivity index (χ0v) is 13.6. The fourth-order valence-electron chi connectivity index (χ4n) is 2.77. The molecule has 24 heavy (non-hydrogen) atoms. The first kappa shape index (κ1) is 16.2. The van der Waals surface area contributed by atoms with Gasteiger partial charge in [-0.1, -0.05) is 12.1 Å². The number of anilines is 1. The van der Waals surface area contributed by atoms with Gasteiger partial charge >= 0.3 is 0 Å². The number of hydrogen-bond donors (Lipinski definition) is 0. The van der Waals surface area contributed by atoms with Crippen LogP contribution in [-0.2, 0) is 4.74 Å². The molecule has 5 nitrogen and oxygen atoms in total. The predicted molar refractivity (Wildman–Crippen MR) is 88.8 cm³/mol. The number of nitriles is 1. The van der Waals surface area contributed by atoms with Gasteiger partial charge in [-0.25, -0.2) is 4.39 Å². The molecule has 0 saturated carbocycles. The number of benzene rings is 1. The average molecular weight is 327 g/mol. The third-order valence-electron chi connectivity index (χ3n) is 3.73. The number of morpholine rings is 1. The average Bonchev–Trinajstić information content (AvgIpc) is 2.97. The molecule has 0 amide bonds. The van der Waals surface area contributed by atoms with Crippen molar-refractivity contribution in [2.24, 2.45) is 0 Å². The number of rotatable bonds is 3. The SMILES string of the molecule is CC1CN(c2oc(C=Cc3ccc(F)cc3)nc2C#N)CC(C)O1. The highest BCUT2D eigenvalue weighted by atomic mass is 19.1. The van der Waals surface area contributed by atoms with Crippen LogP contribution in [0.25, 0.3) is 12.2 Å². The first-order valence-corrected chi connectivity index (χ1v) is 7.80. The van der Waals surface area contributed by atoms with E-state index in [2.05, 4.69) is 11.1 Å². The molecule has 1 aliphatic rings. The van der Waals surface area contributed by atoms with Crippen LogP contribution in [-0.4, -0.2) is 30.3 Å². The zero-order valence-electron chi connectivity index (χ0n) is 13.6. The highest BCUT2D eigenvalue weighted by Crippen LogP contribution is 2.26. The van der Waals surface area contributed by atoms with Gasteiger partial charge in [-0.3, -0.25) is 0 Å². The van der Waals surface area contributed by atoms with Crippen LogP contribution in [0.5, 0.6) is 0 Å². The number of hydrogen-bond acceptors (Lipinski definition) is 5. The van der Waals surface area contributed by atoms with E-state index in [1.54, 1.807) is 24.3 Å². The number of ether oxygens (including phenoxy) is 1. The van der Waals surface area contributed by atoms with Crippen molar-refractivity contribution in [3.8, 4) is 6.07 Å². The number of halogens is 1. The summed E-state index contributed by atoms with van der Waals surface area (Å²) < 4.78 is 24.4. The Hall–Kier alpha value is -2.65. The molecular formula is C18H18FN3O2. The van der Waals surface area contributed by atoms with E-state index in [9.17, 15) is 9.65 Å². The first-order chi connectivity index (χ1) is 11.5. The van der Waals surface area contributed by atoms with E-state index in [1.807, 2.05) is 18.7 Å². The summed E-state index contributed by atoms with van der Waals surface area (Å²) in [6.45, 7) is 5.27. The molecule has 0 aliphatic carbocycles. The Kier molecular flexibility index (Phi) is 4.63. The fourth-order valence-corrected chi connectivity index (χ4v) is 2.77. The minimum absolute atomic E-state index is 0.0589. The lowest BCUT2D eigenvalue weighted by molar-refractivity contribution is -0.00642. The van der Waals surface area contributed by atoms with E-state index in [-0.39, 0.29) is 23.7 Å². The van der Waals surface area contributed by atoms with Crippen molar-refractivity contribution < 1.29 is 13.5 Å². The van der Waals surface area contributed by atoms with Crippen molar-refractivity contribution in [2.75, 3.05) is 18.0 Å². The van der Waals surface area contributed by atoms with Gasteiger partial charge in [-0.15, -0.1) is 0 Å². The molecule has 1 aromatic carbocycles. The third-order valence-corrected chi connectivity index (χ3v) is 3.73. The Bertz CT molecular complexity index is 767. The molecule has 124 valence electrons. The summed E-state index contributed by atoms with van der Waals surface area (Å²) in [4.78, 5) is 6.20. The molecule has 0 spiro atoms. The molecule has 2 aromatic rings. The second kappa shape index (κ2) is 6.85. The van der Waals surface area contributed by atoms with Gasteiger partial charge in [0.2, 0.25) is 17.5 Å². The van der Waals surface area contributed by atoms with Crippen molar-refractivity contribution in [1.82, 2.24) is 4.98 Å². The van der Waals surface area contributed by atoms with Crippen LogP contribution in [0.1, 0.15) is 31.0 Å². The van der Waals surface area contributed by atoms with Crippen LogP contribution < -0.4 is 4.90 Å². The zero-order chi connectivity index (χ0) is 17.1. The van der Waals surface area contributed by atoms with E-state index in [1.165, 1.54) is 12.1 Å². The summed E-state index contributed by atoms with van der Waals surface area (Å²) >= 11 is 0. The van der Waals surface area contributed by atoms with Gasteiger partial charge in [0.25, 0.3) is 0 Å². The highest BCUT2D eigenvalue weighted by molar-refractivity contribution is 5.67. The summed E-state index contributed by atoms with van der Waals surface area (Å²) in [5.41, 5.74) is 1.08. The summed E-state index contributed by atoms with van der Waals surface area (Å²) in [6, 6.07) is 8.17. The molecule has 1 saturated heterocycles. The van der Waals surface area contributed by atoms with Gasteiger partial charge in [-0.2, -0.15) is 10.2 Å². The second-order valence-electron chi connectivity index (χ2n) is 5.86. The van der Waals surface area contributed by atoms with Crippen LogP contribution in [0.15, 0.2) is 28.7 Å². The minimum Gasteiger partial charge on any atom is -0.420 e.